The van der Waals surface area contributed by atoms with E-state index in [0.29, 0.717) is 6.42 Å². The third-order valence-electron chi connectivity index (χ3n) is 5.11. The highest BCUT2D eigenvalue weighted by Gasteiger charge is 2.19. The highest BCUT2D eigenvalue weighted by Crippen LogP contribution is 2.15. The molecule has 0 bridgehead atoms. The summed E-state index contributed by atoms with van der Waals surface area (Å²) in [6, 6.07) is 0. The fourth-order valence-corrected chi connectivity index (χ4v) is 4.27. The number of rotatable bonds is 20. The summed E-state index contributed by atoms with van der Waals surface area (Å²) in [6.07, 6.45) is 20.2. The molecule has 1 atom stereocenters. The molecule has 0 aliphatic rings. The molecule has 0 rings (SSSR count). The van der Waals surface area contributed by atoms with E-state index in [1.165, 1.54) is 90.4 Å². The van der Waals surface area contributed by atoms with Crippen LogP contribution in [-0.2, 0) is 19.6 Å². The van der Waals surface area contributed by atoms with Gasteiger partial charge in [0.2, 0.25) is 0 Å². The molecule has 168 valence electrons. The molecule has 6 heteroatoms. The van der Waals surface area contributed by atoms with Crippen LogP contribution in [0.3, 0.4) is 0 Å². The largest absolute Gasteiger partial charge is 0.461 e. The SMILES string of the molecule is CCCCCCCCCCCCCCCCCCC(CS(=O)(=O)O)OC(C)=O. The smallest absolute Gasteiger partial charge is 0.302 e. The van der Waals surface area contributed by atoms with Gasteiger partial charge >= 0.3 is 5.97 Å². The molecule has 0 aromatic carbocycles. The highest BCUT2D eigenvalue weighted by molar-refractivity contribution is 7.85. The van der Waals surface area contributed by atoms with Crippen molar-refractivity contribution in [3.63, 3.8) is 0 Å². The Morgan fingerprint density at radius 2 is 1.11 bits per heavy atom. The van der Waals surface area contributed by atoms with Crippen LogP contribution in [0.1, 0.15) is 123 Å². The van der Waals surface area contributed by atoms with Crippen LogP contribution in [0, 0.1) is 0 Å². The molecule has 0 aliphatic heterocycles. The summed E-state index contributed by atoms with van der Waals surface area (Å²) in [5.41, 5.74) is 0. The van der Waals surface area contributed by atoms with Gasteiger partial charge in [-0.15, -0.1) is 0 Å². The third kappa shape index (κ3) is 21.7. The van der Waals surface area contributed by atoms with E-state index < -0.39 is 27.9 Å². The molecule has 28 heavy (non-hydrogen) atoms. The topological polar surface area (TPSA) is 80.7 Å². The van der Waals surface area contributed by atoms with Crippen LogP contribution in [0.4, 0.5) is 0 Å². The molecule has 0 aromatic rings. The van der Waals surface area contributed by atoms with Crippen LogP contribution in [0.2, 0.25) is 0 Å². The molecule has 0 saturated carbocycles. The second-order valence-corrected chi connectivity index (χ2v) is 9.57. The van der Waals surface area contributed by atoms with Crippen LogP contribution in [0.5, 0.6) is 0 Å². The van der Waals surface area contributed by atoms with Crippen molar-refractivity contribution in [1.29, 1.82) is 0 Å². The van der Waals surface area contributed by atoms with E-state index in [1.54, 1.807) is 0 Å². The maximum atomic E-state index is 11.0. The van der Waals surface area contributed by atoms with Crippen molar-refractivity contribution in [1.82, 2.24) is 0 Å². The lowest BCUT2D eigenvalue weighted by molar-refractivity contribution is -0.145. The fourth-order valence-electron chi connectivity index (χ4n) is 3.57. The van der Waals surface area contributed by atoms with Crippen molar-refractivity contribution in [2.45, 2.75) is 129 Å². The van der Waals surface area contributed by atoms with Crippen molar-refractivity contribution in [3.05, 3.63) is 0 Å². The zero-order valence-corrected chi connectivity index (χ0v) is 19.1. The summed E-state index contributed by atoms with van der Waals surface area (Å²) in [5.74, 6) is -1.02. The summed E-state index contributed by atoms with van der Waals surface area (Å²) < 4.78 is 35.8. The Labute approximate surface area is 173 Å². The van der Waals surface area contributed by atoms with Gasteiger partial charge in [-0.25, -0.2) is 0 Å². The second kappa shape index (κ2) is 18.4. The predicted octanol–water partition coefficient (Wildman–Crippen LogP) is 6.46. The van der Waals surface area contributed by atoms with E-state index in [9.17, 15) is 13.2 Å². The first-order valence-electron chi connectivity index (χ1n) is 11.5. The van der Waals surface area contributed by atoms with E-state index >= 15 is 0 Å². The lowest BCUT2D eigenvalue weighted by Gasteiger charge is -2.15. The molecule has 1 unspecified atom stereocenters. The van der Waals surface area contributed by atoms with Gasteiger partial charge in [-0.2, -0.15) is 8.42 Å². The summed E-state index contributed by atoms with van der Waals surface area (Å²) >= 11 is 0. The normalized spacial score (nSPS) is 12.8. The Hall–Kier alpha value is -0.620. The first-order chi connectivity index (χ1) is 13.3. The quantitative estimate of drug-likeness (QED) is 0.139. The van der Waals surface area contributed by atoms with Gasteiger partial charge in [0.25, 0.3) is 10.1 Å². The first-order valence-corrected chi connectivity index (χ1v) is 13.1. The van der Waals surface area contributed by atoms with Crippen molar-refractivity contribution < 1.29 is 22.5 Å². The van der Waals surface area contributed by atoms with Gasteiger partial charge in [0.05, 0.1) is 0 Å². The molecule has 0 radical (unpaired) electrons. The van der Waals surface area contributed by atoms with Crippen LogP contribution in [0.25, 0.3) is 0 Å². The van der Waals surface area contributed by atoms with E-state index in [4.69, 9.17) is 9.29 Å². The number of hydrogen-bond donors (Lipinski definition) is 1. The summed E-state index contributed by atoms with van der Waals surface area (Å²) in [4.78, 5) is 11.0. The van der Waals surface area contributed by atoms with Crippen LogP contribution in [0.15, 0.2) is 0 Å². The van der Waals surface area contributed by atoms with Crippen molar-refractivity contribution in [3.8, 4) is 0 Å². The maximum absolute atomic E-state index is 11.0. The predicted molar refractivity (Wildman–Crippen MR) is 116 cm³/mol. The van der Waals surface area contributed by atoms with Gasteiger partial charge in [-0.1, -0.05) is 103 Å². The molecular weight excluding hydrogens is 376 g/mol. The van der Waals surface area contributed by atoms with Gasteiger partial charge in [0.15, 0.2) is 0 Å². The fraction of sp³-hybridized carbons (Fsp3) is 0.955. The number of carbonyl (C=O) groups is 1. The Bertz CT molecular complexity index is 462. The maximum Gasteiger partial charge on any atom is 0.302 e. The number of unbranched alkanes of at least 4 members (excludes halogenated alkanes) is 15. The van der Waals surface area contributed by atoms with Gasteiger partial charge in [-0.3, -0.25) is 9.35 Å². The molecule has 0 amide bonds. The number of carbonyl (C=O) groups excluding carboxylic acids is 1. The Kier molecular flexibility index (Phi) is 18.0. The monoisotopic (exact) mass is 420 g/mol. The summed E-state index contributed by atoms with van der Waals surface area (Å²) in [5, 5.41) is 0. The van der Waals surface area contributed by atoms with E-state index in [-0.39, 0.29) is 0 Å². The third-order valence-corrected chi connectivity index (χ3v) is 5.90. The highest BCUT2D eigenvalue weighted by atomic mass is 32.2. The number of ether oxygens (including phenoxy) is 1. The number of hydrogen-bond acceptors (Lipinski definition) is 4. The van der Waals surface area contributed by atoms with Crippen LogP contribution < -0.4 is 0 Å². The van der Waals surface area contributed by atoms with Crippen molar-refractivity contribution >= 4 is 16.1 Å². The van der Waals surface area contributed by atoms with Gasteiger partial charge in [-0.05, 0) is 12.8 Å². The van der Waals surface area contributed by atoms with E-state index in [2.05, 4.69) is 6.92 Å². The lowest BCUT2D eigenvalue weighted by atomic mass is 10.0. The average molecular weight is 421 g/mol. The minimum absolute atomic E-state index is 0.484. The molecule has 0 saturated heterocycles. The average Bonchev–Trinajstić information content (AvgIpc) is 2.59. The van der Waals surface area contributed by atoms with E-state index in [0.717, 1.165) is 19.3 Å². The Morgan fingerprint density at radius 1 is 0.750 bits per heavy atom. The van der Waals surface area contributed by atoms with E-state index in [1.807, 2.05) is 0 Å². The molecule has 0 heterocycles. The van der Waals surface area contributed by atoms with Crippen LogP contribution in [-0.4, -0.2) is 30.8 Å². The molecule has 0 aliphatic carbocycles. The minimum atomic E-state index is -4.12. The Balaban J connectivity index is 3.43. The summed E-state index contributed by atoms with van der Waals surface area (Å²) in [6.45, 7) is 3.51. The molecule has 0 spiro atoms. The first kappa shape index (κ1) is 27.4. The second-order valence-electron chi connectivity index (χ2n) is 8.07. The minimum Gasteiger partial charge on any atom is -0.461 e. The molecule has 5 nitrogen and oxygen atoms in total. The van der Waals surface area contributed by atoms with Gasteiger partial charge in [0, 0.05) is 6.92 Å². The van der Waals surface area contributed by atoms with Crippen LogP contribution >= 0.6 is 0 Å². The van der Waals surface area contributed by atoms with Gasteiger partial charge < -0.3 is 4.74 Å². The summed E-state index contributed by atoms with van der Waals surface area (Å²) in [7, 11) is -4.12. The zero-order valence-electron chi connectivity index (χ0n) is 18.3. The molecule has 1 N–H and O–H groups in total. The lowest BCUT2D eigenvalue weighted by Crippen LogP contribution is -2.25. The zero-order chi connectivity index (χ0) is 21.1. The standard InChI is InChI=1S/C22H44O5S/c1-3-4-5-6-7-8-9-10-11-12-13-14-15-16-17-18-19-22(27-21(2)23)20-28(24,25)26/h22H,3-20H2,1-2H3,(H,24,25,26). The number of esters is 1. The van der Waals surface area contributed by atoms with Crippen molar-refractivity contribution in [2.24, 2.45) is 0 Å². The molecular formula is C22H44O5S. The molecule has 0 fully saturated rings. The van der Waals surface area contributed by atoms with Crippen molar-refractivity contribution in [2.75, 3.05) is 5.75 Å². The van der Waals surface area contributed by atoms with Gasteiger partial charge in [0.1, 0.15) is 11.9 Å². The Morgan fingerprint density at radius 3 is 1.43 bits per heavy atom. The molecule has 0 aromatic heterocycles.